The number of carboxylic acids is 4. The molecular weight excluding hydrogens is 460 g/mol. The van der Waals surface area contributed by atoms with Gasteiger partial charge in [-0.3, -0.25) is 19.2 Å². The molecule has 0 aliphatic carbocycles. The number of carbonyl (C=O) groups excluding carboxylic acids is 1. The van der Waals surface area contributed by atoms with E-state index >= 15 is 0 Å². The normalized spacial score (nSPS) is 25.8. The average Bonchev–Trinajstić information content (AvgIpc) is 3.44. The minimum Gasteiger partial charge on any atom is -0.481 e. The largest absolute Gasteiger partial charge is 0.481 e. The first kappa shape index (κ1) is 28.5. The molecule has 3 rings (SSSR count). The van der Waals surface area contributed by atoms with Gasteiger partial charge >= 0.3 is 29.9 Å². The fourth-order valence-corrected chi connectivity index (χ4v) is 4.98. The van der Waals surface area contributed by atoms with E-state index in [1.807, 2.05) is 11.8 Å². The van der Waals surface area contributed by atoms with Gasteiger partial charge in [-0.25, -0.2) is 4.79 Å². The van der Waals surface area contributed by atoms with Gasteiger partial charge in [-0.15, -0.1) is 0 Å². The van der Waals surface area contributed by atoms with Crippen molar-refractivity contribution in [2.24, 2.45) is 5.73 Å². The number of hydrogen-bond donors (Lipinski definition) is 8. The Balaban J connectivity index is 0.000000273. The first-order valence-corrected chi connectivity index (χ1v) is 11.6. The number of aliphatic carboxylic acids is 4. The summed E-state index contributed by atoms with van der Waals surface area (Å²) in [7, 11) is 0. The van der Waals surface area contributed by atoms with Crippen LogP contribution in [0.2, 0.25) is 0 Å². The van der Waals surface area contributed by atoms with Crippen LogP contribution in [0.15, 0.2) is 0 Å². The summed E-state index contributed by atoms with van der Waals surface area (Å²) in [5.41, 5.74) is 4.84. The number of carbonyl (C=O) groups is 5. The zero-order chi connectivity index (χ0) is 25.0. The van der Waals surface area contributed by atoms with E-state index in [9.17, 15) is 24.0 Å². The molecule has 0 aromatic heterocycles. The summed E-state index contributed by atoms with van der Waals surface area (Å²) >= 11 is 1.87. The van der Waals surface area contributed by atoms with Gasteiger partial charge in [0.1, 0.15) is 12.1 Å². The lowest BCUT2D eigenvalue weighted by molar-refractivity contribution is -0.144. The van der Waals surface area contributed by atoms with Crippen LogP contribution in [0.3, 0.4) is 0 Å². The lowest BCUT2D eigenvalue weighted by Crippen LogP contribution is -2.36. The zero-order valence-electron chi connectivity index (χ0n) is 18.1. The zero-order valence-corrected chi connectivity index (χ0v) is 18.9. The third-order valence-corrected chi connectivity index (χ3v) is 6.65. The maximum atomic E-state index is 11.1. The van der Waals surface area contributed by atoms with Crippen molar-refractivity contribution in [3.63, 3.8) is 0 Å². The van der Waals surface area contributed by atoms with Crippen molar-refractivity contribution in [1.82, 2.24) is 16.0 Å². The molecule has 14 heteroatoms. The Bertz CT molecular complexity index is 703. The molecule has 3 saturated heterocycles. The summed E-state index contributed by atoms with van der Waals surface area (Å²) in [6, 6.07) is -1.12. The summed E-state index contributed by atoms with van der Waals surface area (Å²) < 4.78 is 0. The van der Waals surface area contributed by atoms with Crippen molar-refractivity contribution in [3.8, 4) is 0 Å². The number of nitrogens with two attached hydrogens (primary N) is 1. The quantitative estimate of drug-likeness (QED) is 0.150. The van der Waals surface area contributed by atoms with Crippen LogP contribution in [0.1, 0.15) is 44.9 Å². The van der Waals surface area contributed by atoms with E-state index in [1.54, 1.807) is 0 Å². The van der Waals surface area contributed by atoms with E-state index in [1.165, 1.54) is 0 Å². The highest BCUT2D eigenvalue weighted by Crippen LogP contribution is 2.33. The predicted octanol–water partition coefficient (Wildman–Crippen LogP) is -0.507. The Morgan fingerprint density at radius 1 is 1.06 bits per heavy atom. The highest BCUT2D eigenvalue weighted by Gasteiger charge is 2.42. The SMILES string of the molecule is N[C@@H](CC(=O)O)C(=O)O.O=C(O)CCCC[C@@H]1SC[C@@H]2NC(=O)N[C@@H]21.O=C(O)[C@@H]1CCCN1. The first-order chi connectivity index (χ1) is 15.5. The summed E-state index contributed by atoms with van der Waals surface area (Å²) in [6.07, 6.45) is 4.13. The van der Waals surface area contributed by atoms with Crippen molar-refractivity contribution in [3.05, 3.63) is 0 Å². The molecule has 0 bridgehead atoms. The molecule has 9 N–H and O–H groups in total. The third kappa shape index (κ3) is 11.2. The van der Waals surface area contributed by atoms with Crippen LogP contribution >= 0.6 is 11.8 Å². The summed E-state index contributed by atoms with van der Waals surface area (Å²) in [6.45, 7) is 0.858. The van der Waals surface area contributed by atoms with Crippen molar-refractivity contribution in [2.45, 2.75) is 74.4 Å². The van der Waals surface area contributed by atoms with Gasteiger partial charge in [0.25, 0.3) is 0 Å². The number of hydrogen-bond acceptors (Lipinski definition) is 8. The van der Waals surface area contributed by atoms with E-state index in [4.69, 9.17) is 26.2 Å². The first-order valence-electron chi connectivity index (χ1n) is 10.6. The Hall–Kier alpha value is -2.58. The van der Waals surface area contributed by atoms with Gasteiger partial charge in [0.15, 0.2) is 0 Å². The Kier molecular flexibility index (Phi) is 12.5. The molecule has 3 heterocycles. The maximum absolute atomic E-state index is 11.1. The van der Waals surface area contributed by atoms with Crippen LogP contribution in [0.25, 0.3) is 0 Å². The standard InChI is InChI=1S/C10H16N2O3S.C5H9NO2.C4H7NO4/c13-8(14)4-2-1-3-7-9-6(5-16-7)11-10(15)12-9;7-5(8)4-2-1-3-6-4;5-2(4(8)9)1-3(6)7/h6-7,9H,1-5H2,(H,13,14)(H2,11,12,15);4,6H,1-3H2,(H,7,8);2H,1,5H2,(H,6,7)(H,8,9)/t6-,7-,9-;4-;2-/m000/s1. The van der Waals surface area contributed by atoms with Gasteiger partial charge in [-0.05, 0) is 32.2 Å². The molecule has 3 aliphatic rings. The maximum Gasteiger partial charge on any atom is 0.321 e. The van der Waals surface area contributed by atoms with E-state index in [0.717, 1.165) is 44.4 Å². The number of amides is 2. The summed E-state index contributed by atoms with van der Waals surface area (Å²) in [5.74, 6) is -2.98. The number of unbranched alkanes of at least 4 members (excludes halogenated alkanes) is 1. The molecule has 13 nitrogen and oxygen atoms in total. The topological polar surface area (TPSA) is 228 Å². The van der Waals surface area contributed by atoms with Gasteiger partial charge in [0.2, 0.25) is 0 Å². The van der Waals surface area contributed by atoms with Gasteiger partial charge in [-0.2, -0.15) is 11.8 Å². The van der Waals surface area contributed by atoms with Crippen molar-refractivity contribution in [2.75, 3.05) is 12.3 Å². The molecule has 2 amide bonds. The number of carboxylic acid groups (broad SMARTS) is 4. The molecule has 5 atom stereocenters. The summed E-state index contributed by atoms with van der Waals surface area (Å²) in [4.78, 5) is 51.2. The van der Waals surface area contributed by atoms with E-state index < -0.39 is 36.3 Å². The number of thioether (sulfide) groups is 1. The number of nitrogens with one attached hydrogen (secondary N) is 3. The smallest absolute Gasteiger partial charge is 0.321 e. The molecular formula is C19H32N4O9S. The van der Waals surface area contributed by atoms with Crippen LogP contribution in [0.5, 0.6) is 0 Å². The monoisotopic (exact) mass is 492 g/mol. The molecule has 188 valence electrons. The Morgan fingerprint density at radius 3 is 2.21 bits per heavy atom. The van der Waals surface area contributed by atoms with Gasteiger partial charge in [-0.1, -0.05) is 6.42 Å². The predicted molar refractivity (Wildman–Crippen MR) is 118 cm³/mol. The van der Waals surface area contributed by atoms with Crippen molar-refractivity contribution >= 4 is 41.7 Å². The fourth-order valence-electron chi connectivity index (χ4n) is 3.44. The molecule has 3 fully saturated rings. The number of urea groups is 1. The molecule has 0 spiro atoms. The second-order valence-corrected chi connectivity index (χ2v) is 9.06. The summed E-state index contributed by atoms with van der Waals surface area (Å²) in [5, 5.41) is 42.0. The highest BCUT2D eigenvalue weighted by atomic mass is 32.2. The van der Waals surface area contributed by atoms with Crippen LogP contribution < -0.4 is 21.7 Å². The van der Waals surface area contributed by atoms with Gasteiger partial charge < -0.3 is 42.1 Å². The molecule has 33 heavy (non-hydrogen) atoms. The van der Waals surface area contributed by atoms with Gasteiger partial charge in [0, 0.05) is 17.4 Å². The van der Waals surface area contributed by atoms with Crippen LogP contribution in [0, 0.1) is 0 Å². The average molecular weight is 493 g/mol. The lowest BCUT2D eigenvalue weighted by Gasteiger charge is -2.16. The molecule has 0 aromatic rings. The Morgan fingerprint density at radius 2 is 1.76 bits per heavy atom. The fraction of sp³-hybridized carbons (Fsp3) is 0.737. The second kappa shape index (κ2) is 14.5. The van der Waals surface area contributed by atoms with Crippen LogP contribution in [-0.2, 0) is 19.2 Å². The molecule has 3 aliphatic heterocycles. The molecule has 0 saturated carbocycles. The molecule has 0 unspecified atom stereocenters. The van der Waals surface area contributed by atoms with Crippen LogP contribution in [0.4, 0.5) is 4.79 Å². The minimum atomic E-state index is -1.29. The lowest BCUT2D eigenvalue weighted by atomic mass is 10.0. The minimum absolute atomic E-state index is 0.0640. The van der Waals surface area contributed by atoms with E-state index in [2.05, 4.69) is 16.0 Å². The Labute approximate surface area is 194 Å². The highest BCUT2D eigenvalue weighted by molar-refractivity contribution is 8.00. The van der Waals surface area contributed by atoms with Crippen molar-refractivity contribution < 1.29 is 44.4 Å². The molecule has 0 aromatic carbocycles. The van der Waals surface area contributed by atoms with E-state index in [0.29, 0.717) is 5.25 Å². The molecule has 0 radical (unpaired) electrons. The van der Waals surface area contributed by atoms with E-state index in [-0.39, 0.29) is 30.6 Å². The third-order valence-electron chi connectivity index (χ3n) is 5.14. The van der Waals surface area contributed by atoms with Crippen LogP contribution in [-0.4, -0.2) is 92.0 Å². The number of rotatable bonds is 9. The van der Waals surface area contributed by atoms with Gasteiger partial charge in [0.05, 0.1) is 18.5 Å². The number of fused-ring (bicyclic) bond motifs is 1. The van der Waals surface area contributed by atoms with Crippen molar-refractivity contribution in [1.29, 1.82) is 0 Å². The second-order valence-electron chi connectivity index (χ2n) is 7.79.